The number of ether oxygens (including phenoxy) is 2. The molecule has 0 radical (unpaired) electrons. The molecular weight excluding hydrogens is 308 g/mol. The Morgan fingerprint density at radius 2 is 1.92 bits per heavy atom. The van der Waals surface area contributed by atoms with Gasteiger partial charge in [0.2, 0.25) is 11.8 Å². The molecule has 1 saturated heterocycles. The van der Waals surface area contributed by atoms with Crippen LogP contribution in [0.4, 0.5) is 11.8 Å². The molecule has 128 valence electrons. The van der Waals surface area contributed by atoms with E-state index in [0.717, 1.165) is 37.7 Å². The summed E-state index contributed by atoms with van der Waals surface area (Å²) in [7, 11) is 5.26. The number of anilines is 2. The van der Waals surface area contributed by atoms with Crippen molar-refractivity contribution in [1.29, 1.82) is 0 Å². The maximum absolute atomic E-state index is 5.18. The van der Waals surface area contributed by atoms with Gasteiger partial charge in [0.25, 0.3) is 0 Å². The second-order valence-electron chi connectivity index (χ2n) is 5.69. The van der Waals surface area contributed by atoms with Crippen LogP contribution in [0, 0.1) is 0 Å². The van der Waals surface area contributed by atoms with E-state index in [0.29, 0.717) is 17.7 Å². The summed E-state index contributed by atoms with van der Waals surface area (Å²) in [5.41, 5.74) is 0. The van der Waals surface area contributed by atoms with Crippen LogP contribution in [0.2, 0.25) is 0 Å². The second-order valence-corrected chi connectivity index (χ2v) is 5.69. The van der Waals surface area contributed by atoms with Crippen molar-refractivity contribution < 1.29 is 9.47 Å². The number of nitrogens with zero attached hydrogens (tertiary/aromatic N) is 6. The number of methoxy groups -OCH3 is 2. The fourth-order valence-electron chi connectivity index (χ4n) is 2.85. The van der Waals surface area contributed by atoms with Crippen molar-refractivity contribution in [3.8, 4) is 11.6 Å². The van der Waals surface area contributed by atoms with E-state index in [1.807, 2.05) is 13.1 Å². The molecule has 0 N–H and O–H groups in total. The maximum Gasteiger partial charge on any atom is 0.225 e. The van der Waals surface area contributed by atoms with Crippen molar-refractivity contribution in [2.24, 2.45) is 0 Å². The molecule has 2 aromatic rings. The van der Waals surface area contributed by atoms with Gasteiger partial charge in [0, 0.05) is 32.2 Å². The van der Waals surface area contributed by atoms with Crippen molar-refractivity contribution in [2.75, 3.05) is 44.2 Å². The zero-order valence-electron chi connectivity index (χ0n) is 14.2. The van der Waals surface area contributed by atoms with E-state index < -0.39 is 0 Å². The first kappa shape index (κ1) is 16.2. The van der Waals surface area contributed by atoms with Crippen LogP contribution in [0.25, 0.3) is 0 Å². The Hall–Kier alpha value is -2.64. The third-order valence-corrected chi connectivity index (χ3v) is 4.28. The van der Waals surface area contributed by atoms with Gasteiger partial charge in [-0.2, -0.15) is 0 Å². The molecule has 0 amide bonds. The highest BCUT2D eigenvalue weighted by Crippen LogP contribution is 2.24. The van der Waals surface area contributed by atoms with E-state index in [9.17, 15) is 0 Å². The molecule has 24 heavy (non-hydrogen) atoms. The number of hydrogen-bond donors (Lipinski definition) is 0. The van der Waals surface area contributed by atoms with Gasteiger partial charge in [0.15, 0.2) is 5.75 Å². The summed E-state index contributed by atoms with van der Waals surface area (Å²) in [6, 6.07) is 2.17. The summed E-state index contributed by atoms with van der Waals surface area (Å²) in [6.45, 7) is 1.79. The Bertz CT molecular complexity index is 666. The first-order chi connectivity index (χ1) is 11.7. The molecule has 8 heteroatoms. The highest BCUT2D eigenvalue weighted by molar-refractivity contribution is 5.43. The first-order valence-corrected chi connectivity index (χ1v) is 7.91. The minimum absolute atomic E-state index is 0.323. The largest absolute Gasteiger partial charge is 0.494 e. The number of piperidine rings is 1. The zero-order valence-corrected chi connectivity index (χ0v) is 14.2. The van der Waals surface area contributed by atoms with Crippen LogP contribution >= 0.6 is 0 Å². The van der Waals surface area contributed by atoms with Crippen molar-refractivity contribution >= 4 is 11.8 Å². The lowest BCUT2D eigenvalue weighted by atomic mass is 10.0. The fraction of sp³-hybridized carbons (Fsp3) is 0.500. The van der Waals surface area contributed by atoms with Gasteiger partial charge in [-0.15, -0.1) is 0 Å². The third-order valence-electron chi connectivity index (χ3n) is 4.28. The third kappa shape index (κ3) is 3.47. The number of aromatic nitrogens is 4. The maximum atomic E-state index is 5.18. The topological polar surface area (TPSA) is 76.5 Å². The highest BCUT2D eigenvalue weighted by Gasteiger charge is 2.25. The SMILES string of the molecule is COc1cnc(N2CCCC(N(C)c3cc(OC)ncn3)C2)nc1. The predicted molar refractivity (Wildman–Crippen MR) is 90.8 cm³/mol. The highest BCUT2D eigenvalue weighted by atomic mass is 16.5. The van der Waals surface area contributed by atoms with Gasteiger partial charge < -0.3 is 19.3 Å². The molecule has 0 bridgehead atoms. The average Bonchev–Trinajstić information content (AvgIpc) is 2.67. The van der Waals surface area contributed by atoms with E-state index in [1.165, 1.54) is 6.33 Å². The molecule has 3 rings (SSSR count). The number of rotatable bonds is 5. The Kier molecular flexibility index (Phi) is 4.93. The van der Waals surface area contributed by atoms with E-state index in [4.69, 9.17) is 9.47 Å². The molecule has 1 atom stereocenters. The lowest BCUT2D eigenvalue weighted by molar-refractivity contribution is 0.396. The lowest BCUT2D eigenvalue weighted by Crippen LogP contribution is -2.47. The molecule has 1 aliphatic rings. The molecule has 1 aliphatic heterocycles. The van der Waals surface area contributed by atoms with Gasteiger partial charge in [-0.25, -0.2) is 19.9 Å². The van der Waals surface area contributed by atoms with Gasteiger partial charge in [0.1, 0.15) is 12.1 Å². The smallest absolute Gasteiger partial charge is 0.225 e. The first-order valence-electron chi connectivity index (χ1n) is 7.91. The van der Waals surface area contributed by atoms with Gasteiger partial charge in [0.05, 0.1) is 26.6 Å². The van der Waals surface area contributed by atoms with Crippen LogP contribution in [0.1, 0.15) is 12.8 Å². The minimum Gasteiger partial charge on any atom is -0.494 e. The molecule has 0 aromatic carbocycles. The van der Waals surface area contributed by atoms with Gasteiger partial charge in [-0.1, -0.05) is 0 Å². The van der Waals surface area contributed by atoms with E-state index in [2.05, 4.69) is 29.7 Å². The molecule has 1 unspecified atom stereocenters. The quantitative estimate of drug-likeness (QED) is 0.814. The van der Waals surface area contributed by atoms with Gasteiger partial charge >= 0.3 is 0 Å². The molecule has 3 heterocycles. The molecule has 0 aliphatic carbocycles. The number of hydrogen-bond acceptors (Lipinski definition) is 8. The van der Waals surface area contributed by atoms with Gasteiger partial charge in [-0.05, 0) is 12.8 Å². The Morgan fingerprint density at radius 1 is 1.12 bits per heavy atom. The zero-order chi connectivity index (χ0) is 16.9. The van der Waals surface area contributed by atoms with Crippen molar-refractivity contribution in [3.05, 3.63) is 24.8 Å². The van der Waals surface area contributed by atoms with Gasteiger partial charge in [-0.3, -0.25) is 0 Å². The Morgan fingerprint density at radius 3 is 2.62 bits per heavy atom. The van der Waals surface area contributed by atoms with Crippen LogP contribution in [0.5, 0.6) is 11.6 Å². The van der Waals surface area contributed by atoms with Crippen LogP contribution in [0.15, 0.2) is 24.8 Å². The summed E-state index contributed by atoms with van der Waals surface area (Å²) in [4.78, 5) is 21.6. The molecule has 0 spiro atoms. The normalized spacial score (nSPS) is 17.5. The van der Waals surface area contributed by atoms with Crippen LogP contribution in [-0.2, 0) is 0 Å². The molecule has 0 saturated carbocycles. The number of likely N-dealkylation sites (N-methyl/N-ethyl adjacent to an activating group) is 1. The average molecular weight is 330 g/mol. The fourth-order valence-corrected chi connectivity index (χ4v) is 2.85. The standard InChI is InChI=1S/C16H22N6O2/c1-21(14-7-15(24-3)20-11-19-14)12-5-4-6-22(10-12)16-17-8-13(23-2)9-18-16/h7-9,11-12H,4-6,10H2,1-3H3. The van der Waals surface area contributed by atoms with Crippen molar-refractivity contribution in [3.63, 3.8) is 0 Å². The minimum atomic E-state index is 0.323. The van der Waals surface area contributed by atoms with Crippen LogP contribution in [0.3, 0.4) is 0 Å². The monoisotopic (exact) mass is 330 g/mol. The van der Waals surface area contributed by atoms with E-state index in [-0.39, 0.29) is 0 Å². The Labute approximate surface area is 141 Å². The second kappa shape index (κ2) is 7.29. The summed E-state index contributed by atoms with van der Waals surface area (Å²) in [5, 5.41) is 0. The van der Waals surface area contributed by atoms with Crippen molar-refractivity contribution in [1.82, 2.24) is 19.9 Å². The summed E-state index contributed by atoms with van der Waals surface area (Å²) < 4.78 is 10.3. The van der Waals surface area contributed by atoms with Crippen molar-refractivity contribution in [2.45, 2.75) is 18.9 Å². The Balaban J connectivity index is 1.72. The van der Waals surface area contributed by atoms with E-state index >= 15 is 0 Å². The van der Waals surface area contributed by atoms with Crippen LogP contribution in [-0.4, -0.2) is 60.3 Å². The molecule has 8 nitrogen and oxygen atoms in total. The lowest BCUT2D eigenvalue weighted by Gasteiger charge is -2.38. The summed E-state index contributed by atoms with van der Waals surface area (Å²) in [6.07, 6.45) is 7.09. The van der Waals surface area contributed by atoms with E-state index in [1.54, 1.807) is 26.6 Å². The van der Waals surface area contributed by atoms with Crippen LogP contribution < -0.4 is 19.3 Å². The predicted octanol–water partition coefficient (Wildman–Crippen LogP) is 1.39. The summed E-state index contributed by atoms with van der Waals surface area (Å²) >= 11 is 0. The molecule has 2 aromatic heterocycles. The molecular formula is C16H22N6O2. The summed E-state index contributed by atoms with van der Waals surface area (Å²) in [5.74, 6) is 2.81. The molecule has 1 fully saturated rings.